The van der Waals surface area contributed by atoms with Crippen LogP contribution in [0.5, 0.6) is 0 Å². The third-order valence-electron chi connectivity index (χ3n) is 3.80. The minimum absolute atomic E-state index is 0.601. The molecule has 1 saturated carbocycles. The summed E-state index contributed by atoms with van der Waals surface area (Å²) in [5.74, 6) is 2.36. The van der Waals surface area contributed by atoms with Gasteiger partial charge in [0, 0.05) is 36.7 Å². The average molecular weight is 244 g/mol. The molecule has 2 N–H and O–H groups in total. The van der Waals surface area contributed by atoms with Crippen molar-refractivity contribution in [2.45, 2.75) is 31.7 Å². The standard InChI is InChI=1S/C12H16N6/c1-18-5-4-9-8(6-18)10(15-14-9)12-13-11(16-17-12)7-2-3-7/h7H,2-6H2,1H3,(H,14,15)(H,13,16,17). The Kier molecular flexibility index (Phi) is 2.08. The molecule has 1 aliphatic carbocycles. The zero-order chi connectivity index (χ0) is 12.1. The highest BCUT2D eigenvalue weighted by atomic mass is 15.3. The highest BCUT2D eigenvalue weighted by Crippen LogP contribution is 2.38. The molecule has 0 aromatic carbocycles. The van der Waals surface area contributed by atoms with Gasteiger partial charge in [0.15, 0.2) is 0 Å². The maximum atomic E-state index is 4.58. The van der Waals surface area contributed by atoms with Crippen LogP contribution in [0.3, 0.4) is 0 Å². The van der Waals surface area contributed by atoms with E-state index in [1.807, 2.05) is 0 Å². The van der Waals surface area contributed by atoms with Gasteiger partial charge in [0.05, 0.1) is 0 Å². The zero-order valence-corrected chi connectivity index (χ0v) is 10.4. The molecule has 2 aromatic heterocycles. The van der Waals surface area contributed by atoms with Crippen molar-refractivity contribution in [1.82, 2.24) is 30.3 Å². The van der Waals surface area contributed by atoms with Crippen molar-refractivity contribution in [3.8, 4) is 11.5 Å². The molecule has 2 aliphatic rings. The Balaban J connectivity index is 1.72. The first-order valence-corrected chi connectivity index (χ1v) is 6.48. The lowest BCUT2D eigenvalue weighted by atomic mass is 10.1. The van der Waals surface area contributed by atoms with Gasteiger partial charge in [-0.05, 0) is 19.9 Å². The van der Waals surface area contributed by atoms with Gasteiger partial charge >= 0.3 is 0 Å². The van der Waals surface area contributed by atoms with Gasteiger partial charge in [-0.2, -0.15) is 10.2 Å². The Morgan fingerprint density at radius 2 is 2.11 bits per heavy atom. The smallest absolute Gasteiger partial charge is 0.202 e. The van der Waals surface area contributed by atoms with E-state index in [2.05, 4.69) is 37.3 Å². The Morgan fingerprint density at radius 1 is 1.22 bits per heavy atom. The van der Waals surface area contributed by atoms with E-state index in [1.165, 1.54) is 24.1 Å². The number of hydrogen-bond donors (Lipinski definition) is 2. The van der Waals surface area contributed by atoms with Crippen molar-refractivity contribution in [3.63, 3.8) is 0 Å². The molecule has 0 atom stereocenters. The van der Waals surface area contributed by atoms with Crippen LogP contribution in [0.1, 0.15) is 35.8 Å². The van der Waals surface area contributed by atoms with E-state index in [0.717, 1.165) is 36.9 Å². The molecular weight excluding hydrogens is 228 g/mol. The summed E-state index contributed by atoms with van der Waals surface area (Å²) in [4.78, 5) is 6.88. The molecule has 4 rings (SSSR count). The summed E-state index contributed by atoms with van der Waals surface area (Å²) in [5, 5.41) is 14.9. The van der Waals surface area contributed by atoms with Crippen LogP contribution in [0.25, 0.3) is 11.5 Å². The van der Waals surface area contributed by atoms with E-state index in [4.69, 9.17) is 0 Å². The molecule has 3 heterocycles. The lowest BCUT2D eigenvalue weighted by molar-refractivity contribution is 0.312. The molecule has 0 unspecified atom stereocenters. The van der Waals surface area contributed by atoms with Crippen LogP contribution in [-0.2, 0) is 13.0 Å². The van der Waals surface area contributed by atoms with Crippen LogP contribution in [0, 0.1) is 0 Å². The van der Waals surface area contributed by atoms with Gasteiger partial charge in [0.25, 0.3) is 0 Å². The van der Waals surface area contributed by atoms with Crippen molar-refractivity contribution in [2.24, 2.45) is 0 Å². The normalized spacial score (nSPS) is 20.1. The van der Waals surface area contributed by atoms with E-state index in [1.54, 1.807) is 0 Å². The molecule has 0 bridgehead atoms. The molecule has 0 spiro atoms. The molecule has 6 nitrogen and oxygen atoms in total. The summed E-state index contributed by atoms with van der Waals surface area (Å²) in [5.41, 5.74) is 3.41. The number of aromatic amines is 2. The SMILES string of the molecule is CN1CCc2[nH]nc(-c3n[nH]c(C4CC4)n3)c2C1. The lowest BCUT2D eigenvalue weighted by Crippen LogP contribution is -2.26. The molecule has 6 heteroatoms. The Morgan fingerprint density at radius 3 is 2.94 bits per heavy atom. The van der Waals surface area contributed by atoms with Crippen molar-refractivity contribution in [3.05, 3.63) is 17.1 Å². The third-order valence-corrected chi connectivity index (χ3v) is 3.80. The predicted octanol–water partition coefficient (Wildman–Crippen LogP) is 1.06. The molecule has 0 radical (unpaired) electrons. The van der Waals surface area contributed by atoms with Crippen LogP contribution in [0.2, 0.25) is 0 Å². The molecule has 1 fully saturated rings. The van der Waals surface area contributed by atoms with Gasteiger partial charge in [0.2, 0.25) is 5.82 Å². The van der Waals surface area contributed by atoms with Gasteiger partial charge in [-0.1, -0.05) is 0 Å². The maximum absolute atomic E-state index is 4.58. The van der Waals surface area contributed by atoms with E-state index in [9.17, 15) is 0 Å². The number of hydrogen-bond acceptors (Lipinski definition) is 4. The highest BCUT2D eigenvalue weighted by Gasteiger charge is 2.29. The fourth-order valence-corrected chi connectivity index (χ4v) is 2.53. The zero-order valence-electron chi connectivity index (χ0n) is 10.4. The number of fused-ring (bicyclic) bond motifs is 1. The Labute approximate surface area is 105 Å². The quantitative estimate of drug-likeness (QED) is 0.828. The summed E-state index contributed by atoms with van der Waals surface area (Å²) in [7, 11) is 2.13. The largest absolute Gasteiger partial charge is 0.302 e. The van der Waals surface area contributed by atoms with Gasteiger partial charge < -0.3 is 4.90 Å². The Hall–Kier alpha value is -1.69. The summed E-state index contributed by atoms with van der Waals surface area (Å²) in [6, 6.07) is 0. The minimum atomic E-state index is 0.601. The summed E-state index contributed by atoms with van der Waals surface area (Å²) in [6.45, 7) is 2.00. The first-order valence-electron chi connectivity index (χ1n) is 6.48. The number of rotatable bonds is 2. The number of aromatic nitrogens is 5. The minimum Gasteiger partial charge on any atom is -0.302 e. The van der Waals surface area contributed by atoms with E-state index >= 15 is 0 Å². The molecule has 1 aliphatic heterocycles. The second-order valence-corrected chi connectivity index (χ2v) is 5.34. The van der Waals surface area contributed by atoms with E-state index in [0.29, 0.717) is 5.92 Å². The number of likely N-dealkylation sites (N-methyl/N-ethyl adjacent to an activating group) is 1. The van der Waals surface area contributed by atoms with Crippen molar-refractivity contribution >= 4 is 0 Å². The Bertz CT molecular complexity index is 579. The maximum Gasteiger partial charge on any atom is 0.202 e. The summed E-state index contributed by atoms with van der Waals surface area (Å²) in [6.07, 6.45) is 3.49. The molecule has 94 valence electrons. The molecule has 18 heavy (non-hydrogen) atoms. The number of H-pyrrole nitrogens is 2. The summed E-state index contributed by atoms with van der Waals surface area (Å²) >= 11 is 0. The lowest BCUT2D eigenvalue weighted by Gasteiger charge is -2.21. The molecule has 2 aromatic rings. The second kappa shape index (κ2) is 3.65. The van der Waals surface area contributed by atoms with E-state index in [-0.39, 0.29) is 0 Å². The first-order chi connectivity index (χ1) is 8.81. The van der Waals surface area contributed by atoms with Crippen LogP contribution in [-0.4, -0.2) is 43.9 Å². The fraction of sp³-hybridized carbons (Fsp3) is 0.583. The average Bonchev–Trinajstić information content (AvgIpc) is 2.96. The second-order valence-electron chi connectivity index (χ2n) is 5.34. The van der Waals surface area contributed by atoms with Gasteiger partial charge in [0.1, 0.15) is 11.5 Å². The topological polar surface area (TPSA) is 73.5 Å². The number of nitrogens with one attached hydrogen (secondary N) is 2. The first kappa shape index (κ1) is 10.3. The van der Waals surface area contributed by atoms with Crippen LogP contribution < -0.4 is 0 Å². The monoisotopic (exact) mass is 244 g/mol. The third kappa shape index (κ3) is 1.56. The van der Waals surface area contributed by atoms with Crippen LogP contribution >= 0.6 is 0 Å². The molecular formula is C12H16N6. The van der Waals surface area contributed by atoms with Crippen molar-refractivity contribution < 1.29 is 0 Å². The molecule has 0 amide bonds. The van der Waals surface area contributed by atoms with E-state index < -0.39 is 0 Å². The molecule has 0 saturated heterocycles. The van der Waals surface area contributed by atoms with Crippen molar-refractivity contribution in [2.75, 3.05) is 13.6 Å². The summed E-state index contributed by atoms with van der Waals surface area (Å²) < 4.78 is 0. The van der Waals surface area contributed by atoms with Crippen LogP contribution in [0.4, 0.5) is 0 Å². The predicted molar refractivity (Wildman–Crippen MR) is 66.0 cm³/mol. The van der Waals surface area contributed by atoms with Gasteiger partial charge in [-0.25, -0.2) is 4.98 Å². The number of nitrogens with zero attached hydrogens (tertiary/aromatic N) is 4. The van der Waals surface area contributed by atoms with Gasteiger partial charge in [-0.3, -0.25) is 10.2 Å². The van der Waals surface area contributed by atoms with Crippen LogP contribution in [0.15, 0.2) is 0 Å². The highest BCUT2D eigenvalue weighted by molar-refractivity contribution is 5.56. The van der Waals surface area contributed by atoms with Gasteiger partial charge in [-0.15, -0.1) is 0 Å². The fourth-order valence-electron chi connectivity index (χ4n) is 2.53. The van der Waals surface area contributed by atoms with Crippen molar-refractivity contribution in [1.29, 1.82) is 0 Å².